The molecule has 1 fully saturated rings. The Morgan fingerprint density at radius 3 is 2.47 bits per heavy atom. The van der Waals surface area contributed by atoms with Gasteiger partial charge < -0.3 is 20.6 Å². The molecule has 110 valence electrons. The maximum absolute atomic E-state index is 11.6. The van der Waals surface area contributed by atoms with E-state index in [-0.39, 0.29) is 12.6 Å². The molecule has 1 rings (SSSR count). The zero-order valence-corrected chi connectivity index (χ0v) is 12.0. The quantitative estimate of drug-likeness (QED) is 0.612. The highest BCUT2D eigenvalue weighted by Crippen LogP contribution is 2.24. The fraction of sp³-hybridized carbons (Fsp3) is 0.846. The smallest absolute Gasteiger partial charge is 0.314 e. The fourth-order valence-corrected chi connectivity index (χ4v) is 1.73. The molecule has 3 N–H and O–H groups in total. The van der Waals surface area contributed by atoms with Crippen LogP contribution in [0.5, 0.6) is 0 Å². The number of nitrogens with zero attached hydrogens (tertiary/aromatic N) is 1. The van der Waals surface area contributed by atoms with Gasteiger partial charge in [-0.1, -0.05) is 6.92 Å². The number of nitrogens with one attached hydrogen (secondary N) is 2. The van der Waals surface area contributed by atoms with Gasteiger partial charge in [-0.25, -0.2) is 4.79 Å². The van der Waals surface area contributed by atoms with Gasteiger partial charge in [0.1, 0.15) is 0 Å². The van der Waals surface area contributed by atoms with E-state index in [9.17, 15) is 9.59 Å². The standard InChI is InChI=1S/C13H25N3O3/c1-4-13(2,11(17)18)9-15-12(19)14-7-8-16(3)10-5-6-10/h10H,4-9H2,1-3H3,(H,17,18)(H2,14,15,19). The first-order chi connectivity index (χ1) is 8.89. The molecule has 1 aliphatic carbocycles. The Hall–Kier alpha value is -1.30. The Balaban J connectivity index is 2.18. The summed E-state index contributed by atoms with van der Waals surface area (Å²) < 4.78 is 0. The summed E-state index contributed by atoms with van der Waals surface area (Å²) in [6.07, 6.45) is 2.97. The number of carbonyl (C=O) groups excluding carboxylic acids is 1. The highest BCUT2D eigenvalue weighted by Gasteiger charge is 2.31. The van der Waals surface area contributed by atoms with Gasteiger partial charge in [0, 0.05) is 25.7 Å². The third-order valence-corrected chi connectivity index (χ3v) is 3.86. The van der Waals surface area contributed by atoms with Crippen molar-refractivity contribution in [3.63, 3.8) is 0 Å². The predicted molar refractivity (Wildman–Crippen MR) is 73.1 cm³/mol. The van der Waals surface area contributed by atoms with Crippen molar-refractivity contribution >= 4 is 12.0 Å². The minimum absolute atomic E-state index is 0.142. The summed E-state index contributed by atoms with van der Waals surface area (Å²) in [4.78, 5) is 24.9. The van der Waals surface area contributed by atoms with Crippen molar-refractivity contribution < 1.29 is 14.7 Å². The van der Waals surface area contributed by atoms with Crippen LogP contribution in [0.25, 0.3) is 0 Å². The van der Waals surface area contributed by atoms with Crippen LogP contribution >= 0.6 is 0 Å². The summed E-state index contributed by atoms with van der Waals surface area (Å²) in [5.41, 5.74) is -0.901. The minimum atomic E-state index is -0.901. The molecule has 0 saturated heterocycles. The largest absolute Gasteiger partial charge is 0.481 e. The van der Waals surface area contributed by atoms with Crippen LogP contribution in [0, 0.1) is 5.41 Å². The normalized spacial score (nSPS) is 17.9. The molecule has 0 aliphatic heterocycles. The van der Waals surface area contributed by atoms with Crippen LogP contribution in [-0.2, 0) is 4.79 Å². The predicted octanol–water partition coefficient (Wildman–Crippen LogP) is 0.881. The topological polar surface area (TPSA) is 81.7 Å². The van der Waals surface area contributed by atoms with Crippen molar-refractivity contribution in [3.8, 4) is 0 Å². The number of amides is 2. The number of hydrogen-bond acceptors (Lipinski definition) is 3. The van der Waals surface area contributed by atoms with Gasteiger partial charge in [-0.15, -0.1) is 0 Å². The van der Waals surface area contributed by atoms with E-state index in [1.54, 1.807) is 13.8 Å². The second-order valence-electron chi connectivity index (χ2n) is 5.54. The van der Waals surface area contributed by atoms with Crippen molar-refractivity contribution in [2.45, 2.75) is 39.2 Å². The molecule has 1 unspecified atom stereocenters. The molecule has 1 aliphatic rings. The molecule has 19 heavy (non-hydrogen) atoms. The van der Waals surface area contributed by atoms with E-state index >= 15 is 0 Å². The Morgan fingerprint density at radius 2 is 2.00 bits per heavy atom. The van der Waals surface area contributed by atoms with Crippen LogP contribution in [0.1, 0.15) is 33.1 Å². The molecule has 0 aromatic rings. The average Bonchev–Trinajstić information content (AvgIpc) is 3.19. The Kier molecular flexibility index (Phi) is 5.60. The van der Waals surface area contributed by atoms with Gasteiger partial charge in [-0.2, -0.15) is 0 Å². The molecule has 0 spiro atoms. The lowest BCUT2D eigenvalue weighted by Gasteiger charge is -2.23. The summed E-state index contributed by atoms with van der Waals surface area (Å²) in [5.74, 6) is -0.885. The molecular weight excluding hydrogens is 246 g/mol. The Morgan fingerprint density at radius 1 is 1.37 bits per heavy atom. The lowest BCUT2D eigenvalue weighted by atomic mass is 9.88. The zero-order chi connectivity index (χ0) is 14.5. The summed E-state index contributed by atoms with van der Waals surface area (Å²) in [6, 6.07) is 0.380. The van der Waals surface area contributed by atoms with Crippen molar-refractivity contribution in [2.24, 2.45) is 5.41 Å². The summed E-state index contributed by atoms with van der Waals surface area (Å²) in [5, 5.41) is 14.5. The van der Waals surface area contributed by atoms with E-state index in [1.165, 1.54) is 12.8 Å². The summed E-state index contributed by atoms with van der Waals surface area (Å²) >= 11 is 0. The van der Waals surface area contributed by atoms with Crippen LogP contribution in [0.15, 0.2) is 0 Å². The van der Waals surface area contributed by atoms with E-state index in [4.69, 9.17) is 5.11 Å². The number of hydrogen-bond donors (Lipinski definition) is 3. The number of urea groups is 1. The number of carbonyl (C=O) groups is 2. The van der Waals surface area contributed by atoms with Crippen LogP contribution in [0.4, 0.5) is 4.79 Å². The van der Waals surface area contributed by atoms with Crippen LogP contribution < -0.4 is 10.6 Å². The second-order valence-corrected chi connectivity index (χ2v) is 5.54. The van der Waals surface area contributed by atoms with Crippen molar-refractivity contribution in [1.29, 1.82) is 0 Å². The van der Waals surface area contributed by atoms with Gasteiger partial charge in [-0.05, 0) is 33.2 Å². The van der Waals surface area contributed by atoms with Gasteiger partial charge in [0.25, 0.3) is 0 Å². The number of carboxylic acid groups (broad SMARTS) is 1. The van der Waals surface area contributed by atoms with Gasteiger partial charge in [0.2, 0.25) is 0 Å². The van der Waals surface area contributed by atoms with E-state index in [0.29, 0.717) is 19.0 Å². The maximum atomic E-state index is 11.6. The minimum Gasteiger partial charge on any atom is -0.481 e. The average molecular weight is 271 g/mol. The number of rotatable bonds is 8. The van der Waals surface area contributed by atoms with E-state index in [1.807, 2.05) is 0 Å². The lowest BCUT2D eigenvalue weighted by Crippen LogP contribution is -2.46. The summed E-state index contributed by atoms with van der Waals surface area (Å²) in [7, 11) is 2.05. The Bertz CT molecular complexity index is 331. The van der Waals surface area contributed by atoms with Crippen LogP contribution in [0.3, 0.4) is 0 Å². The van der Waals surface area contributed by atoms with Gasteiger partial charge in [-0.3, -0.25) is 4.79 Å². The number of likely N-dealkylation sites (N-methyl/N-ethyl adjacent to an activating group) is 1. The monoisotopic (exact) mass is 271 g/mol. The molecule has 0 bridgehead atoms. The highest BCUT2D eigenvalue weighted by molar-refractivity contribution is 5.77. The molecule has 6 heteroatoms. The lowest BCUT2D eigenvalue weighted by molar-refractivity contribution is -0.147. The molecule has 0 aromatic heterocycles. The van der Waals surface area contributed by atoms with Gasteiger partial charge in [0.15, 0.2) is 0 Å². The first-order valence-electron chi connectivity index (χ1n) is 6.84. The molecular formula is C13H25N3O3. The summed E-state index contributed by atoms with van der Waals surface area (Å²) in [6.45, 7) is 4.98. The number of carboxylic acids is 1. The molecule has 0 aromatic carbocycles. The molecule has 0 radical (unpaired) electrons. The molecule has 2 amide bonds. The van der Waals surface area contributed by atoms with E-state index < -0.39 is 11.4 Å². The first kappa shape index (κ1) is 15.8. The SMILES string of the molecule is CCC(C)(CNC(=O)NCCN(C)C1CC1)C(=O)O. The molecule has 6 nitrogen and oxygen atoms in total. The van der Waals surface area contributed by atoms with Gasteiger partial charge >= 0.3 is 12.0 Å². The van der Waals surface area contributed by atoms with Crippen molar-refractivity contribution in [3.05, 3.63) is 0 Å². The first-order valence-corrected chi connectivity index (χ1v) is 6.84. The molecule has 0 heterocycles. The van der Waals surface area contributed by atoms with Crippen molar-refractivity contribution in [1.82, 2.24) is 15.5 Å². The fourth-order valence-electron chi connectivity index (χ4n) is 1.73. The van der Waals surface area contributed by atoms with E-state index in [0.717, 1.165) is 6.54 Å². The molecule has 1 atom stereocenters. The molecule has 1 saturated carbocycles. The zero-order valence-electron chi connectivity index (χ0n) is 12.0. The highest BCUT2D eigenvalue weighted by atomic mass is 16.4. The van der Waals surface area contributed by atoms with Gasteiger partial charge in [0.05, 0.1) is 5.41 Å². The third-order valence-electron chi connectivity index (χ3n) is 3.86. The van der Waals surface area contributed by atoms with Crippen molar-refractivity contribution in [2.75, 3.05) is 26.7 Å². The van der Waals surface area contributed by atoms with Crippen LogP contribution in [-0.4, -0.2) is 54.7 Å². The second kappa shape index (κ2) is 6.75. The third kappa shape index (κ3) is 5.06. The maximum Gasteiger partial charge on any atom is 0.314 e. The number of aliphatic carboxylic acids is 1. The van der Waals surface area contributed by atoms with E-state index in [2.05, 4.69) is 22.6 Å². The Labute approximate surface area is 114 Å². The van der Waals surface area contributed by atoms with Crippen LogP contribution in [0.2, 0.25) is 0 Å².